The molecule has 1 N–H and O–H groups in total. The summed E-state index contributed by atoms with van der Waals surface area (Å²) in [4.78, 5) is 32.7. The van der Waals surface area contributed by atoms with Gasteiger partial charge in [-0.1, -0.05) is 43.3 Å². The predicted molar refractivity (Wildman–Crippen MR) is 126 cm³/mol. The van der Waals surface area contributed by atoms with Gasteiger partial charge in [0.2, 0.25) is 6.41 Å². The number of hydrogen-bond acceptors (Lipinski definition) is 4. The summed E-state index contributed by atoms with van der Waals surface area (Å²) in [6, 6.07) is 13.9. The van der Waals surface area contributed by atoms with Gasteiger partial charge in [-0.05, 0) is 36.1 Å². The molecule has 2 amide bonds. The van der Waals surface area contributed by atoms with Crippen molar-refractivity contribution < 1.29 is 19.1 Å². The summed E-state index contributed by atoms with van der Waals surface area (Å²) >= 11 is 0. The Morgan fingerprint density at radius 1 is 1.15 bits per heavy atom. The molecule has 33 heavy (non-hydrogen) atoms. The second-order valence-electron chi connectivity index (χ2n) is 7.85. The predicted octanol–water partition coefficient (Wildman–Crippen LogP) is 3.35. The zero-order valence-electron chi connectivity index (χ0n) is 19.2. The number of aryl methyl sites for hydroxylation is 1. The number of aromatic nitrogens is 2. The topological polar surface area (TPSA) is 78.7 Å². The third-order valence-corrected chi connectivity index (χ3v) is 5.54. The lowest BCUT2D eigenvalue weighted by atomic mass is 10.0. The fourth-order valence-electron chi connectivity index (χ4n) is 3.72. The molecular formula is C25H29FN4O3. The highest BCUT2D eigenvalue weighted by Crippen LogP contribution is 2.31. The number of halogens is 1. The Bertz CT molecular complexity index is 1110. The van der Waals surface area contributed by atoms with Crippen LogP contribution in [0.5, 0.6) is 0 Å². The van der Waals surface area contributed by atoms with Gasteiger partial charge in [0, 0.05) is 39.4 Å². The zero-order valence-corrected chi connectivity index (χ0v) is 19.2. The van der Waals surface area contributed by atoms with E-state index >= 15 is 0 Å². The van der Waals surface area contributed by atoms with Crippen molar-refractivity contribution in [3.05, 3.63) is 71.2 Å². The first-order valence-electron chi connectivity index (χ1n) is 10.9. The van der Waals surface area contributed by atoms with E-state index in [0.717, 1.165) is 23.1 Å². The number of benzene rings is 2. The standard InChI is InChI=1S/C25H29FN4O3/c1-4-19-8-5-6-9-21(19)23-27-24(29(3)17-32)22(25(33)28(2)14-7-15-31)30(23)16-18-10-12-20(26)13-11-18/h5-6,8-13,17,31H,4,7,14-16H2,1-3H3. The van der Waals surface area contributed by atoms with Crippen LogP contribution < -0.4 is 4.90 Å². The molecule has 0 radical (unpaired) electrons. The van der Waals surface area contributed by atoms with Crippen LogP contribution in [-0.4, -0.2) is 59.1 Å². The number of rotatable bonds is 10. The van der Waals surface area contributed by atoms with Gasteiger partial charge in [-0.2, -0.15) is 0 Å². The van der Waals surface area contributed by atoms with E-state index in [4.69, 9.17) is 4.98 Å². The van der Waals surface area contributed by atoms with Crippen molar-refractivity contribution >= 4 is 18.1 Å². The number of carbonyl (C=O) groups excluding carboxylic acids is 2. The Morgan fingerprint density at radius 2 is 1.85 bits per heavy atom. The molecule has 0 unspecified atom stereocenters. The molecule has 0 aliphatic rings. The third-order valence-electron chi connectivity index (χ3n) is 5.54. The smallest absolute Gasteiger partial charge is 0.274 e. The van der Waals surface area contributed by atoms with E-state index in [1.165, 1.54) is 21.9 Å². The summed E-state index contributed by atoms with van der Waals surface area (Å²) in [5.74, 6) is 0.137. The highest BCUT2D eigenvalue weighted by Gasteiger charge is 2.29. The maximum atomic E-state index is 13.5. The maximum absolute atomic E-state index is 13.5. The number of carbonyl (C=O) groups is 2. The van der Waals surface area contributed by atoms with Crippen LogP contribution in [0.1, 0.15) is 35.0 Å². The number of imidazole rings is 1. The molecule has 0 aliphatic heterocycles. The van der Waals surface area contributed by atoms with Crippen LogP contribution in [-0.2, 0) is 17.8 Å². The highest BCUT2D eigenvalue weighted by atomic mass is 19.1. The van der Waals surface area contributed by atoms with Gasteiger partial charge in [-0.15, -0.1) is 0 Å². The Kier molecular flexibility index (Phi) is 7.95. The van der Waals surface area contributed by atoms with Gasteiger partial charge in [-0.25, -0.2) is 9.37 Å². The van der Waals surface area contributed by atoms with Crippen LogP contribution in [0.15, 0.2) is 48.5 Å². The molecule has 2 aromatic carbocycles. The summed E-state index contributed by atoms with van der Waals surface area (Å²) in [5.41, 5.74) is 2.96. The lowest BCUT2D eigenvalue weighted by molar-refractivity contribution is -0.107. The third kappa shape index (κ3) is 5.28. The molecule has 0 saturated carbocycles. The van der Waals surface area contributed by atoms with E-state index in [1.807, 2.05) is 31.2 Å². The van der Waals surface area contributed by atoms with Crippen molar-refractivity contribution in [2.24, 2.45) is 0 Å². The summed E-state index contributed by atoms with van der Waals surface area (Å²) in [5, 5.41) is 9.19. The average molecular weight is 453 g/mol. The highest BCUT2D eigenvalue weighted by molar-refractivity contribution is 6.00. The van der Waals surface area contributed by atoms with Crippen molar-refractivity contribution in [2.45, 2.75) is 26.3 Å². The van der Waals surface area contributed by atoms with Crippen LogP contribution in [0.2, 0.25) is 0 Å². The van der Waals surface area contributed by atoms with Gasteiger partial charge in [0.15, 0.2) is 11.5 Å². The van der Waals surface area contributed by atoms with E-state index in [1.54, 1.807) is 30.8 Å². The first-order chi connectivity index (χ1) is 15.9. The van der Waals surface area contributed by atoms with Gasteiger partial charge in [0.1, 0.15) is 11.6 Å². The van der Waals surface area contributed by atoms with E-state index in [0.29, 0.717) is 25.2 Å². The molecule has 8 heteroatoms. The molecule has 0 atom stereocenters. The number of hydrogen-bond donors (Lipinski definition) is 1. The van der Waals surface area contributed by atoms with E-state index in [2.05, 4.69) is 0 Å². The molecule has 3 rings (SSSR count). The van der Waals surface area contributed by atoms with Crippen LogP contribution in [0, 0.1) is 5.82 Å². The Balaban J connectivity index is 2.25. The maximum Gasteiger partial charge on any atom is 0.274 e. The Labute approximate surface area is 193 Å². The average Bonchev–Trinajstić information content (AvgIpc) is 3.21. The molecule has 174 valence electrons. The van der Waals surface area contributed by atoms with Crippen LogP contribution in [0.4, 0.5) is 10.2 Å². The van der Waals surface area contributed by atoms with Crippen molar-refractivity contribution in [3.63, 3.8) is 0 Å². The SMILES string of the molecule is CCc1ccccc1-c1nc(N(C)C=O)c(C(=O)N(C)CCCO)n1Cc1ccc(F)cc1. The molecule has 0 saturated heterocycles. The van der Waals surface area contributed by atoms with Gasteiger partial charge in [0.05, 0.1) is 0 Å². The fraction of sp³-hybridized carbons (Fsp3) is 0.320. The molecule has 0 fully saturated rings. The fourth-order valence-corrected chi connectivity index (χ4v) is 3.72. The summed E-state index contributed by atoms with van der Waals surface area (Å²) < 4.78 is 15.3. The van der Waals surface area contributed by atoms with Crippen LogP contribution >= 0.6 is 0 Å². The Hall–Kier alpha value is -3.52. The first kappa shape index (κ1) is 24.1. The molecular weight excluding hydrogens is 423 g/mol. The number of aliphatic hydroxyl groups excluding tert-OH is 1. The summed E-state index contributed by atoms with van der Waals surface area (Å²) in [6.07, 6.45) is 1.81. The second-order valence-corrected chi connectivity index (χ2v) is 7.85. The minimum atomic E-state index is -0.345. The molecule has 0 aliphatic carbocycles. The van der Waals surface area contributed by atoms with Crippen molar-refractivity contribution in [2.75, 3.05) is 32.1 Å². The zero-order chi connectivity index (χ0) is 24.0. The minimum Gasteiger partial charge on any atom is -0.396 e. The molecule has 1 heterocycles. The number of anilines is 1. The van der Waals surface area contributed by atoms with E-state index < -0.39 is 0 Å². The first-order valence-corrected chi connectivity index (χ1v) is 10.9. The van der Waals surface area contributed by atoms with Crippen molar-refractivity contribution in [1.29, 1.82) is 0 Å². The molecule has 0 spiro atoms. The normalized spacial score (nSPS) is 10.8. The number of amides is 2. The van der Waals surface area contributed by atoms with E-state index in [9.17, 15) is 19.1 Å². The van der Waals surface area contributed by atoms with Crippen molar-refractivity contribution in [3.8, 4) is 11.4 Å². The molecule has 1 aromatic heterocycles. The van der Waals surface area contributed by atoms with Gasteiger partial charge in [-0.3, -0.25) is 9.59 Å². The molecule has 0 bridgehead atoms. The lowest BCUT2D eigenvalue weighted by Crippen LogP contribution is -2.32. The number of aliphatic hydroxyl groups is 1. The summed E-state index contributed by atoms with van der Waals surface area (Å²) in [7, 11) is 3.20. The molecule has 3 aromatic rings. The van der Waals surface area contributed by atoms with Crippen LogP contribution in [0.3, 0.4) is 0 Å². The quantitative estimate of drug-likeness (QED) is 0.479. The van der Waals surface area contributed by atoms with Crippen LogP contribution in [0.25, 0.3) is 11.4 Å². The van der Waals surface area contributed by atoms with Gasteiger partial charge >= 0.3 is 0 Å². The van der Waals surface area contributed by atoms with Crippen molar-refractivity contribution in [1.82, 2.24) is 14.5 Å². The van der Waals surface area contributed by atoms with Gasteiger partial charge in [0.25, 0.3) is 5.91 Å². The minimum absolute atomic E-state index is 0.0390. The Morgan fingerprint density at radius 3 is 2.48 bits per heavy atom. The number of nitrogens with zero attached hydrogens (tertiary/aromatic N) is 4. The van der Waals surface area contributed by atoms with E-state index in [-0.39, 0.29) is 36.4 Å². The largest absolute Gasteiger partial charge is 0.396 e. The monoisotopic (exact) mass is 452 g/mol. The second kappa shape index (κ2) is 10.9. The lowest BCUT2D eigenvalue weighted by Gasteiger charge is -2.20. The van der Waals surface area contributed by atoms with Gasteiger partial charge < -0.3 is 19.5 Å². The summed E-state index contributed by atoms with van der Waals surface area (Å²) in [6.45, 7) is 2.62. The molecule has 7 nitrogen and oxygen atoms in total.